The van der Waals surface area contributed by atoms with Gasteiger partial charge in [0.1, 0.15) is 0 Å². The number of hydrogen-bond donors (Lipinski definition) is 1. The summed E-state index contributed by atoms with van der Waals surface area (Å²) in [5.41, 5.74) is 8.12. The average Bonchev–Trinajstić information content (AvgIpc) is 2.76. The van der Waals surface area contributed by atoms with Crippen molar-refractivity contribution < 1.29 is 4.92 Å². The highest BCUT2D eigenvalue weighted by molar-refractivity contribution is 5.33. The van der Waals surface area contributed by atoms with Crippen molar-refractivity contribution in [1.29, 1.82) is 0 Å². The molecule has 0 bridgehead atoms. The summed E-state index contributed by atoms with van der Waals surface area (Å²) >= 11 is 0. The first kappa shape index (κ1) is 13.3. The van der Waals surface area contributed by atoms with Crippen molar-refractivity contribution >= 4 is 5.69 Å². The number of hydrogen-bond acceptors (Lipinski definition) is 3. The van der Waals surface area contributed by atoms with Gasteiger partial charge in [0.25, 0.3) is 5.69 Å². The number of nitro groups is 1. The zero-order chi connectivity index (χ0) is 13.8. The van der Waals surface area contributed by atoms with E-state index in [1.807, 2.05) is 13.1 Å². The molecule has 5 nitrogen and oxygen atoms in total. The summed E-state index contributed by atoms with van der Waals surface area (Å²) < 4.78 is 2.05. The predicted molar refractivity (Wildman–Crippen MR) is 74.0 cm³/mol. The van der Waals surface area contributed by atoms with Crippen LogP contribution in [0.3, 0.4) is 0 Å². The molecule has 1 heterocycles. The van der Waals surface area contributed by atoms with Crippen molar-refractivity contribution in [2.45, 2.75) is 25.9 Å². The van der Waals surface area contributed by atoms with Gasteiger partial charge in [0.15, 0.2) is 0 Å². The van der Waals surface area contributed by atoms with Crippen molar-refractivity contribution in [3.8, 4) is 0 Å². The van der Waals surface area contributed by atoms with Gasteiger partial charge in [-0.2, -0.15) is 0 Å². The maximum Gasteiger partial charge on any atom is 0.269 e. The van der Waals surface area contributed by atoms with Gasteiger partial charge in [-0.3, -0.25) is 10.1 Å². The summed E-state index contributed by atoms with van der Waals surface area (Å²) in [5.74, 6) is 0. The van der Waals surface area contributed by atoms with Crippen LogP contribution in [0.2, 0.25) is 0 Å². The molecule has 0 radical (unpaired) electrons. The summed E-state index contributed by atoms with van der Waals surface area (Å²) in [4.78, 5) is 10.2. The highest BCUT2D eigenvalue weighted by Crippen LogP contribution is 2.13. The standard InChI is InChI=1S/C14H17N3O2/c1-11(15)8-13-6-7-16(10-13)9-12-2-4-14(5-3-12)17(18)19/h2-7,10-11H,8-9,15H2,1H3. The van der Waals surface area contributed by atoms with Crippen LogP contribution in [-0.2, 0) is 13.0 Å². The van der Waals surface area contributed by atoms with E-state index < -0.39 is 0 Å². The molecule has 1 aromatic heterocycles. The molecule has 5 heteroatoms. The van der Waals surface area contributed by atoms with E-state index in [9.17, 15) is 10.1 Å². The molecule has 0 fully saturated rings. The van der Waals surface area contributed by atoms with Crippen molar-refractivity contribution in [2.75, 3.05) is 0 Å². The second-order valence-corrected chi connectivity index (χ2v) is 4.80. The van der Waals surface area contributed by atoms with Gasteiger partial charge in [-0.25, -0.2) is 0 Å². The first-order valence-electron chi connectivity index (χ1n) is 6.18. The van der Waals surface area contributed by atoms with E-state index in [1.54, 1.807) is 12.1 Å². The Labute approximate surface area is 111 Å². The van der Waals surface area contributed by atoms with Crippen LogP contribution in [0.5, 0.6) is 0 Å². The smallest absolute Gasteiger partial charge is 0.269 e. The molecule has 0 saturated carbocycles. The molecular formula is C14H17N3O2. The summed E-state index contributed by atoms with van der Waals surface area (Å²) in [6, 6.07) is 8.82. The Morgan fingerprint density at radius 3 is 2.53 bits per heavy atom. The normalized spacial score (nSPS) is 12.3. The lowest BCUT2D eigenvalue weighted by molar-refractivity contribution is -0.384. The van der Waals surface area contributed by atoms with Crippen LogP contribution >= 0.6 is 0 Å². The van der Waals surface area contributed by atoms with E-state index >= 15 is 0 Å². The zero-order valence-corrected chi connectivity index (χ0v) is 10.8. The highest BCUT2D eigenvalue weighted by atomic mass is 16.6. The number of benzene rings is 1. The Morgan fingerprint density at radius 1 is 1.26 bits per heavy atom. The molecule has 0 aliphatic rings. The predicted octanol–water partition coefficient (Wildman–Crippen LogP) is 2.33. The summed E-state index contributed by atoms with van der Waals surface area (Å²) in [6.45, 7) is 2.69. The first-order chi connectivity index (χ1) is 9.04. The van der Waals surface area contributed by atoms with E-state index in [4.69, 9.17) is 5.73 Å². The maximum atomic E-state index is 10.6. The van der Waals surface area contributed by atoms with Crippen LogP contribution < -0.4 is 5.73 Å². The summed E-state index contributed by atoms with van der Waals surface area (Å²) in [6.07, 6.45) is 4.91. The van der Waals surface area contributed by atoms with Crippen LogP contribution in [0.4, 0.5) is 5.69 Å². The minimum absolute atomic E-state index is 0.119. The quantitative estimate of drug-likeness (QED) is 0.661. The minimum atomic E-state index is -0.389. The van der Waals surface area contributed by atoms with Crippen molar-refractivity contribution in [3.05, 3.63) is 64.0 Å². The zero-order valence-electron chi connectivity index (χ0n) is 10.8. The van der Waals surface area contributed by atoms with Crippen LogP contribution in [0, 0.1) is 10.1 Å². The van der Waals surface area contributed by atoms with E-state index in [0.29, 0.717) is 6.54 Å². The van der Waals surface area contributed by atoms with Crippen LogP contribution in [0.15, 0.2) is 42.7 Å². The molecular weight excluding hydrogens is 242 g/mol. The first-order valence-corrected chi connectivity index (χ1v) is 6.18. The Hall–Kier alpha value is -2.14. The van der Waals surface area contributed by atoms with Gasteiger partial charge in [-0.15, -0.1) is 0 Å². The third-order valence-corrected chi connectivity index (χ3v) is 2.88. The minimum Gasteiger partial charge on any atom is -0.350 e. The SMILES string of the molecule is CC(N)Cc1ccn(Cc2ccc([N+](=O)[O-])cc2)c1. The molecule has 2 aromatic rings. The lowest BCUT2D eigenvalue weighted by Gasteiger charge is -2.04. The van der Waals surface area contributed by atoms with Crippen LogP contribution in [0.1, 0.15) is 18.1 Å². The number of aromatic nitrogens is 1. The van der Waals surface area contributed by atoms with Crippen molar-refractivity contribution in [3.63, 3.8) is 0 Å². The van der Waals surface area contributed by atoms with E-state index in [2.05, 4.69) is 16.8 Å². The fourth-order valence-electron chi connectivity index (χ4n) is 2.02. The molecule has 1 atom stereocenters. The molecule has 0 aliphatic carbocycles. The molecule has 2 rings (SSSR count). The van der Waals surface area contributed by atoms with Gasteiger partial charge in [-0.05, 0) is 30.5 Å². The van der Waals surface area contributed by atoms with Crippen LogP contribution in [0.25, 0.3) is 0 Å². The summed E-state index contributed by atoms with van der Waals surface area (Å²) in [7, 11) is 0. The fourth-order valence-corrected chi connectivity index (χ4v) is 2.02. The third kappa shape index (κ3) is 3.66. The van der Waals surface area contributed by atoms with Gasteiger partial charge in [-0.1, -0.05) is 12.1 Å². The highest BCUT2D eigenvalue weighted by Gasteiger charge is 2.05. The number of nitrogens with two attached hydrogens (primary N) is 1. The van der Waals surface area contributed by atoms with Gasteiger partial charge in [0.05, 0.1) is 4.92 Å². The van der Waals surface area contributed by atoms with Gasteiger partial charge < -0.3 is 10.3 Å². The van der Waals surface area contributed by atoms with E-state index in [-0.39, 0.29) is 16.7 Å². The van der Waals surface area contributed by atoms with Crippen LogP contribution in [-0.4, -0.2) is 15.5 Å². The summed E-state index contributed by atoms with van der Waals surface area (Å²) in [5, 5.41) is 10.6. The lowest BCUT2D eigenvalue weighted by atomic mass is 10.1. The molecule has 0 amide bonds. The molecule has 1 aromatic carbocycles. The molecule has 2 N–H and O–H groups in total. The van der Waals surface area contributed by atoms with E-state index in [1.165, 1.54) is 17.7 Å². The molecule has 100 valence electrons. The average molecular weight is 259 g/mol. The van der Waals surface area contributed by atoms with Gasteiger partial charge in [0, 0.05) is 37.1 Å². The Morgan fingerprint density at radius 2 is 1.95 bits per heavy atom. The van der Waals surface area contributed by atoms with E-state index in [0.717, 1.165) is 12.0 Å². The monoisotopic (exact) mass is 259 g/mol. The molecule has 1 unspecified atom stereocenters. The fraction of sp³-hybridized carbons (Fsp3) is 0.286. The number of rotatable bonds is 5. The molecule has 19 heavy (non-hydrogen) atoms. The topological polar surface area (TPSA) is 74.1 Å². The second-order valence-electron chi connectivity index (χ2n) is 4.80. The second kappa shape index (κ2) is 5.67. The maximum absolute atomic E-state index is 10.6. The molecule has 0 spiro atoms. The van der Waals surface area contributed by atoms with Gasteiger partial charge >= 0.3 is 0 Å². The van der Waals surface area contributed by atoms with Crippen molar-refractivity contribution in [2.24, 2.45) is 5.73 Å². The van der Waals surface area contributed by atoms with Crippen molar-refractivity contribution in [1.82, 2.24) is 4.57 Å². The number of non-ortho nitro benzene ring substituents is 1. The Bertz CT molecular complexity index is 558. The third-order valence-electron chi connectivity index (χ3n) is 2.88. The largest absolute Gasteiger partial charge is 0.350 e. The van der Waals surface area contributed by atoms with Gasteiger partial charge in [0.2, 0.25) is 0 Å². The lowest BCUT2D eigenvalue weighted by Crippen LogP contribution is -2.17. The molecule has 0 saturated heterocycles. The Kier molecular flexibility index (Phi) is 3.97. The number of nitrogens with zero attached hydrogens (tertiary/aromatic N) is 2. The number of nitro benzene ring substituents is 1. The molecule has 0 aliphatic heterocycles. The Balaban J connectivity index is 2.04.